The summed E-state index contributed by atoms with van der Waals surface area (Å²) in [5.74, 6) is -2.59. The van der Waals surface area contributed by atoms with E-state index in [-0.39, 0.29) is 43.4 Å². The number of rotatable bonds is 6. The zero-order chi connectivity index (χ0) is 23.3. The van der Waals surface area contributed by atoms with Crippen molar-refractivity contribution in [2.75, 3.05) is 50.0 Å². The van der Waals surface area contributed by atoms with Crippen LogP contribution in [-0.4, -0.2) is 82.3 Å². The molecule has 11 nitrogen and oxygen atoms in total. The first-order valence-electron chi connectivity index (χ1n) is 10.5. The van der Waals surface area contributed by atoms with E-state index in [9.17, 15) is 13.6 Å². The maximum atomic E-state index is 13.5. The van der Waals surface area contributed by atoms with Crippen LogP contribution in [0.1, 0.15) is 29.0 Å². The fourth-order valence-electron chi connectivity index (χ4n) is 3.49. The second-order valence-electron chi connectivity index (χ2n) is 7.74. The van der Waals surface area contributed by atoms with Crippen LogP contribution in [0, 0.1) is 11.3 Å². The van der Waals surface area contributed by atoms with Crippen molar-refractivity contribution >= 4 is 23.2 Å². The van der Waals surface area contributed by atoms with Crippen LogP contribution in [0.5, 0.6) is 0 Å². The van der Waals surface area contributed by atoms with E-state index in [1.807, 2.05) is 6.07 Å². The van der Waals surface area contributed by atoms with Gasteiger partial charge in [0.2, 0.25) is 0 Å². The van der Waals surface area contributed by atoms with Crippen LogP contribution in [0.4, 0.5) is 26.1 Å². The highest BCUT2D eigenvalue weighted by molar-refractivity contribution is 5.98. The Morgan fingerprint density at radius 3 is 2.76 bits per heavy atom. The zero-order valence-corrected chi connectivity index (χ0v) is 17.7. The summed E-state index contributed by atoms with van der Waals surface area (Å²) >= 11 is 0. The zero-order valence-electron chi connectivity index (χ0n) is 17.7. The van der Waals surface area contributed by atoms with Gasteiger partial charge in [-0.15, -0.1) is 10.2 Å². The van der Waals surface area contributed by atoms with Crippen LogP contribution in [0.15, 0.2) is 18.5 Å². The highest BCUT2D eigenvalue weighted by atomic mass is 19.3. The van der Waals surface area contributed by atoms with Gasteiger partial charge in [-0.25, -0.2) is 18.7 Å². The summed E-state index contributed by atoms with van der Waals surface area (Å²) in [4.78, 5) is 22.4. The largest absolute Gasteiger partial charge is 0.380 e. The van der Waals surface area contributed by atoms with Crippen LogP contribution in [-0.2, 0) is 4.74 Å². The Morgan fingerprint density at radius 2 is 2.09 bits per heavy atom. The van der Waals surface area contributed by atoms with Crippen LogP contribution < -0.4 is 16.0 Å². The van der Waals surface area contributed by atoms with Gasteiger partial charge in [0.1, 0.15) is 11.9 Å². The van der Waals surface area contributed by atoms with Gasteiger partial charge in [0.05, 0.1) is 30.8 Å². The van der Waals surface area contributed by atoms with E-state index in [1.165, 1.54) is 17.3 Å². The molecule has 1 unspecified atom stereocenters. The number of likely N-dealkylation sites (tertiary alicyclic amines) is 1. The summed E-state index contributed by atoms with van der Waals surface area (Å²) in [5.41, 5.74) is 0.606. The first-order valence-corrected chi connectivity index (χ1v) is 10.5. The molecule has 1 amide bonds. The van der Waals surface area contributed by atoms with Crippen LogP contribution in [0.2, 0.25) is 0 Å². The van der Waals surface area contributed by atoms with E-state index in [0.717, 1.165) is 6.54 Å². The number of hydrogen-bond acceptors (Lipinski definition) is 10. The number of anilines is 3. The summed E-state index contributed by atoms with van der Waals surface area (Å²) in [7, 11) is 0. The smallest absolute Gasteiger partial charge is 0.276 e. The minimum Gasteiger partial charge on any atom is -0.380 e. The molecule has 2 aromatic heterocycles. The molecule has 0 saturated carbocycles. The predicted molar refractivity (Wildman–Crippen MR) is 113 cm³/mol. The van der Waals surface area contributed by atoms with Gasteiger partial charge in [-0.1, -0.05) is 0 Å². The van der Waals surface area contributed by atoms with E-state index >= 15 is 0 Å². The minimum absolute atomic E-state index is 0.0421. The van der Waals surface area contributed by atoms with Gasteiger partial charge in [-0.05, 0) is 0 Å². The fraction of sp³-hybridized carbons (Fsp3) is 0.500. The molecule has 2 fully saturated rings. The summed E-state index contributed by atoms with van der Waals surface area (Å²) in [6.07, 6.45) is 1.82. The van der Waals surface area contributed by atoms with Gasteiger partial charge in [0, 0.05) is 51.6 Å². The number of alkyl halides is 2. The summed E-state index contributed by atoms with van der Waals surface area (Å²) in [6, 6.07) is 3.48. The molecule has 4 heterocycles. The number of amides is 1. The van der Waals surface area contributed by atoms with E-state index in [0.29, 0.717) is 37.0 Å². The molecule has 0 aliphatic carbocycles. The lowest BCUT2D eigenvalue weighted by Crippen LogP contribution is -2.44. The Morgan fingerprint density at radius 1 is 1.27 bits per heavy atom. The normalized spacial score (nSPS) is 20.0. The third-order valence-electron chi connectivity index (χ3n) is 5.33. The molecule has 2 aliphatic heterocycles. The van der Waals surface area contributed by atoms with Crippen molar-refractivity contribution < 1.29 is 18.3 Å². The van der Waals surface area contributed by atoms with Gasteiger partial charge in [0.25, 0.3) is 11.8 Å². The Kier molecular flexibility index (Phi) is 6.85. The predicted octanol–water partition coefficient (Wildman–Crippen LogP) is 1.15. The number of aromatic nitrogens is 4. The van der Waals surface area contributed by atoms with E-state index in [4.69, 9.17) is 10.00 Å². The average Bonchev–Trinajstić information content (AvgIpc) is 2.83. The maximum Gasteiger partial charge on any atom is 0.276 e. The molecule has 0 bridgehead atoms. The van der Waals surface area contributed by atoms with E-state index in [1.54, 1.807) is 6.07 Å². The number of nitriles is 1. The second-order valence-corrected chi connectivity index (χ2v) is 7.74. The standard InChI is InChI=1S/C20H23F2N9O2/c21-20(22)1-4-31(5-2-20)19(32)18-15(26-11-14-10-24-3-6-33-14)7-16(29-30-18)28-17-12-25-13(8-23)9-27-17/h7,9,12,14,24H,1-6,10-11H2,(H2,26,27,28,29). The highest BCUT2D eigenvalue weighted by Gasteiger charge is 2.36. The molecule has 4 rings (SSSR count). The maximum absolute atomic E-state index is 13.5. The number of carbonyl (C=O) groups excluding carboxylic acids is 1. The van der Waals surface area contributed by atoms with Crippen molar-refractivity contribution in [2.24, 2.45) is 0 Å². The number of halogens is 2. The number of nitrogens with zero attached hydrogens (tertiary/aromatic N) is 6. The minimum atomic E-state index is -2.76. The van der Waals surface area contributed by atoms with Gasteiger partial charge in [-0.2, -0.15) is 5.26 Å². The van der Waals surface area contributed by atoms with Crippen molar-refractivity contribution in [3.05, 3.63) is 29.8 Å². The fourth-order valence-corrected chi connectivity index (χ4v) is 3.49. The summed E-state index contributed by atoms with van der Waals surface area (Å²) in [5, 5.41) is 26.3. The molecular formula is C20H23F2N9O2. The van der Waals surface area contributed by atoms with Crippen molar-refractivity contribution in [1.82, 2.24) is 30.4 Å². The molecule has 2 saturated heterocycles. The number of nitrogens with one attached hydrogen (secondary N) is 3. The first kappa shape index (κ1) is 22.7. The molecule has 2 aromatic rings. The Bertz CT molecular complexity index is 1010. The summed E-state index contributed by atoms with van der Waals surface area (Å²) in [6.45, 7) is 2.32. The van der Waals surface area contributed by atoms with Crippen LogP contribution >= 0.6 is 0 Å². The molecule has 3 N–H and O–H groups in total. The Hall–Kier alpha value is -3.50. The molecule has 2 aliphatic rings. The van der Waals surface area contributed by atoms with Gasteiger partial charge in [-0.3, -0.25) is 4.79 Å². The van der Waals surface area contributed by atoms with Crippen LogP contribution in [0.25, 0.3) is 0 Å². The first-order chi connectivity index (χ1) is 15.9. The molecule has 1 atom stereocenters. The van der Waals surface area contributed by atoms with Gasteiger partial charge in [0.15, 0.2) is 17.2 Å². The number of carbonyl (C=O) groups is 1. The lowest BCUT2D eigenvalue weighted by Gasteiger charge is -2.32. The average molecular weight is 459 g/mol. The van der Waals surface area contributed by atoms with E-state index < -0.39 is 11.8 Å². The number of hydrogen-bond donors (Lipinski definition) is 3. The number of morpholine rings is 1. The lowest BCUT2D eigenvalue weighted by atomic mass is 10.1. The molecular weight excluding hydrogens is 436 g/mol. The van der Waals surface area contributed by atoms with Crippen LogP contribution in [0.3, 0.4) is 0 Å². The van der Waals surface area contributed by atoms with Crippen molar-refractivity contribution in [3.63, 3.8) is 0 Å². The Balaban J connectivity index is 1.53. The van der Waals surface area contributed by atoms with E-state index in [2.05, 4.69) is 36.1 Å². The SMILES string of the molecule is N#Cc1cnc(Nc2cc(NCC3CNCCO3)c(C(=O)N3CCC(F)(F)CC3)nn2)cn1. The highest BCUT2D eigenvalue weighted by Crippen LogP contribution is 2.29. The van der Waals surface area contributed by atoms with Gasteiger partial charge >= 0.3 is 0 Å². The third-order valence-corrected chi connectivity index (χ3v) is 5.33. The molecule has 174 valence electrons. The molecule has 0 spiro atoms. The van der Waals surface area contributed by atoms with Crippen molar-refractivity contribution in [3.8, 4) is 6.07 Å². The number of piperidine rings is 1. The molecule has 33 heavy (non-hydrogen) atoms. The monoisotopic (exact) mass is 459 g/mol. The molecule has 0 radical (unpaired) electrons. The third kappa shape index (κ3) is 5.85. The van der Waals surface area contributed by atoms with Crippen molar-refractivity contribution in [2.45, 2.75) is 24.9 Å². The van der Waals surface area contributed by atoms with Gasteiger partial charge < -0.3 is 25.6 Å². The number of ether oxygens (including phenoxy) is 1. The van der Waals surface area contributed by atoms with Crippen molar-refractivity contribution in [1.29, 1.82) is 5.26 Å². The summed E-state index contributed by atoms with van der Waals surface area (Å²) < 4.78 is 32.7. The quantitative estimate of drug-likeness (QED) is 0.576. The lowest BCUT2D eigenvalue weighted by molar-refractivity contribution is -0.0495. The Labute approximate surface area is 188 Å². The molecule has 13 heteroatoms. The second kappa shape index (κ2) is 9.97. The molecule has 0 aromatic carbocycles. The topological polar surface area (TPSA) is 141 Å².